The van der Waals surface area contributed by atoms with E-state index in [1.807, 2.05) is 13.0 Å². The third-order valence-corrected chi connectivity index (χ3v) is 2.52. The van der Waals surface area contributed by atoms with Crippen molar-refractivity contribution >= 4 is 5.97 Å². The predicted molar refractivity (Wildman–Crippen MR) is 46.8 cm³/mol. The first kappa shape index (κ1) is 8.35. The molecule has 1 atom stereocenters. The van der Waals surface area contributed by atoms with E-state index in [1.165, 1.54) is 0 Å². The number of hydrogen-bond donors (Lipinski definition) is 1. The van der Waals surface area contributed by atoms with Gasteiger partial charge in [0.1, 0.15) is 17.4 Å². The second kappa shape index (κ2) is 2.91. The number of fused-ring (bicyclic) bond motifs is 1. The first-order valence-corrected chi connectivity index (χ1v) is 4.50. The van der Waals surface area contributed by atoms with E-state index < -0.39 is 11.9 Å². The highest BCUT2D eigenvalue weighted by Gasteiger charge is 2.29. The number of rotatable bonds is 1. The van der Waals surface area contributed by atoms with Gasteiger partial charge >= 0.3 is 5.97 Å². The molecule has 2 rings (SSSR count). The molecule has 0 amide bonds. The van der Waals surface area contributed by atoms with Crippen LogP contribution in [0.2, 0.25) is 0 Å². The van der Waals surface area contributed by atoms with E-state index in [-0.39, 0.29) is 0 Å². The summed E-state index contributed by atoms with van der Waals surface area (Å²) in [6.45, 7) is 1.86. The summed E-state index contributed by atoms with van der Waals surface area (Å²) in [5, 5.41) is 8.93. The topological polar surface area (TPSA) is 50.4 Å². The van der Waals surface area contributed by atoms with E-state index >= 15 is 0 Å². The van der Waals surface area contributed by atoms with Crippen LogP contribution in [0.5, 0.6) is 0 Å². The van der Waals surface area contributed by atoms with Crippen molar-refractivity contribution < 1.29 is 14.3 Å². The average Bonchev–Trinajstić information content (AvgIpc) is 2.43. The molecule has 1 N–H and O–H groups in total. The molecular weight excluding hydrogens is 168 g/mol. The van der Waals surface area contributed by atoms with Crippen molar-refractivity contribution in [2.24, 2.45) is 0 Å². The summed E-state index contributed by atoms with van der Waals surface area (Å²) in [5.41, 5.74) is 1.08. The monoisotopic (exact) mass is 180 g/mol. The molecule has 3 heteroatoms. The third-order valence-electron chi connectivity index (χ3n) is 2.52. The lowest BCUT2D eigenvalue weighted by Gasteiger charge is -2.16. The summed E-state index contributed by atoms with van der Waals surface area (Å²) in [5.74, 6) is 0.308. The summed E-state index contributed by atoms with van der Waals surface area (Å²) in [6, 6.07) is 1.95. The average molecular weight is 180 g/mol. The number of carboxylic acids is 1. The number of hydrogen-bond acceptors (Lipinski definition) is 2. The minimum absolute atomic E-state index is 0.419. The first-order valence-electron chi connectivity index (χ1n) is 4.50. The van der Waals surface area contributed by atoms with E-state index in [9.17, 15) is 4.79 Å². The van der Waals surface area contributed by atoms with Crippen LogP contribution in [0.15, 0.2) is 10.5 Å². The molecule has 0 bridgehead atoms. The van der Waals surface area contributed by atoms with Crippen LogP contribution in [0.3, 0.4) is 0 Å². The van der Waals surface area contributed by atoms with Crippen molar-refractivity contribution in [1.29, 1.82) is 0 Å². The van der Waals surface area contributed by atoms with Crippen LogP contribution < -0.4 is 0 Å². The van der Waals surface area contributed by atoms with Gasteiger partial charge in [-0.15, -0.1) is 0 Å². The Kier molecular flexibility index (Phi) is 1.87. The van der Waals surface area contributed by atoms with Crippen LogP contribution in [-0.4, -0.2) is 11.1 Å². The molecule has 1 aliphatic rings. The molecule has 1 heterocycles. The highest BCUT2D eigenvalue weighted by Crippen LogP contribution is 2.33. The molecule has 70 valence electrons. The van der Waals surface area contributed by atoms with Crippen LogP contribution in [0.4, 0.5) is 0 Å². The largest absolute Gasteiger partial charge is 0.481 e. The molecule has 0 saturated heterocycles. The second-order valence-electron chi connectivity index (χ2n) is 3.53. The minimum atomic E-state index is -0.768. The Bertz CT molecular complexity index is 338. The van der Waals surface area contributed by atoms with Crippen molar-refractivity contribution in [3.63, 3.8) is 0 Å². The van der Waals surface area contributed by atoms with Crippen molar-refractivity contribution in [3.8, 4) is 0 Å². The lowest BCUT2D eigenvalue weighted by molar-refractivity contribution is -0.139. The maximum absolute atomic E-state index is 10.9. The molecular formula is C10H12O3. The van der Waals surface area contributed by atoms with Gasteiger partial charge in [0.05, 0.1) is 0 Å². The van der Waals surface area contributed by atoms with Crippen molar-refractivity contribution in [2.45, 2.75) is 32.1 Å². The van der Waals surface area contributed by atoms with Gasteiger partial charge in [-0.1, -0.05) is 0 Å². The van der Waals surface area contributed by atoms with Gasteiger partial charge in [-0.3, -0.25) is 4.79 Å². The highest BCUT2D eigenvalue weighted by molar-refractivity contribution is 5.76. The van der Waals surface area contributed by atoms with Gasteiger partial charge in [-0.2, -0.15) is 0 Å². The Labute approximate surface area is 76.4 Å². The zero-order valence-electron chi connectivity index (χ0n) is 7.54. The Morgan fingerprint density at radius 3 is 3.15 bits per heavy atom. The molecule has 1 aromatic rings. The van der Waals surface area contributed by atoms with Gasteiger partial charge in [0, 0.05) is 0 Å². The van der Waals surface area contributed by atoms with Gasteiger partial charge in [-0.05, 0) is 37.8 Å². The smallest absolute Gasteiger partial charge is 0.314 e. The molecule has 3 nitrogen and oxygen atoms in total. The van der Waals surface area contributed by atoms with Crippen molar-refractivity contribution in [2.75, 3.05) is 0 Å². The Balaban J connectivity index is 2.41. The molecule has 1 unspecified atom stereocenters. The first-order chi connectivity index (χ1) is 6.18. The van der Waals surface area contributed by atoms with E-state index in [2.05, 4.69) is 0 Å². The zero-order chi connectivity index (χ0) is 9.42. The van der Waals surface area contributed by atoms with Crippen LogP contribution in [0.1, 0.15) is 35.8 Å². The van der Waals surface area contributed by atoms with Gasteiger partial charge in [0.25, 0.3) is 0 Å². The molecule has 0 aliphatic heterocycles. The van der Waals surface area contributed by atoms with Gasteiger partial charge in [0.2, 0.25) is 0 Å². The summed E-state index contributed by atoms with van der Waals surface area (Å²) in [4.78, 5) is 10.9. The van der Waals surface area contributed by atoms with Crippen LogP contribution in [-0.2, 0) is 11.2 Å². The SMILES string of the molecule is Cc1cc2c(o1)C(C(=O)O)CCC2. The summed E-state index contributed by atoms with van der Waals surface area (Å²) < 4.78 is 5.40. The normalized spacial score (nSPS) is 21.2. The number of furan rings is 1. The van der Waals surface area contributed by atoms with Gasteiger partial charge in [0.15, 0.2) is 0 Å². The van der Waals surface area contributed by atoms with Crippen molar-refractivity contribution in [1.82, 2.24) is 0 Å². The van der Waals surface area contributed by atoms with Crippen LogP contribution >= 0.6 is 0 Å². The molecule has 13 heavy (non-hydrogen) atoms. The Morgan fingerprint density at radius 1 is 1.69 bits per heavy atom. The highest BCUT2D eigenvalue weighted by atomic mass is 16.4. The third kappa shape index (κ3) is 1.34. The number of aliphatic carboxylic acids is 1. The molecule has 0 radical (unpaired) electrons. The van der Waals surface area contributed by atoms with E-state index in [1.54, 1.807) is 0 Å². The maximum atomic E-state index is 10.9. The fourth-order valence-electron chi connectivity index (χ4n) is 1.94. The van der Waals surface area contributed by atoms with Crippen LogP contribution in [0.25, 0.3) is 0 Å². The summed E-state index contributed by atoms with van der Waals surface area (Å²) in [7, 11) is 0. The maximum Gasteiger partial charge on any atom is 0.314 e. The lowest BCUT2D eigenvalue weighted by Crippen LogP contribution is -2.16. The minimum Gasteiger partial charge on any atom is -0.481 e. The second-order valence-corrected chi connectivity index (χ2v) is 3.53. The quantitative estimate of drug-likeness (QED) is 0.719. The molecule has 0 aromatic carbocycles. The van der Waals surface area contributed by atoms with E-state index in [0.717, 1.165) is 24.2 Å². The molecule has 1 aliphatic carbocycles. The van der Waals surface area contributed by atoms with Crippen LogP contribution in [0, 0.1) is 6.92 Å². The molecule has 1 aromatic heterocycles. The number of carbonyl (C=O) groups is 1. The predicted octanol–water partition coefficient (Wildman–Crippen LogP) is 2.09. The van der Waals surface area contributed by atoms with E-state index in [0.29, 0.717) is 12.2 Å². The molecule has 0 fully saturated rings. The zero-order valence-corrected chi connectivity index (χ0v) is 7.54. The molecule has 0 saturated carbocycles. The van der Waals surface area contributed by atoms with E-state index in [4.69, 9.17) is 9.52 Å². The molecule has 0 spiro atoms. The van der Waals surface area contributed by atoms with Gasteiger partial charge in [-0.25, -0.2) is 0 Å². The fourth-order valence-corrected chi connectivity index (χ4v) is 1.94. The Hall–Kier alpha value is -1.25. The number of carboxylic acid groups (broad SMARTS) is 1. The van der Waals surface area contributed by atoms with Crippen molar-refractivity contribution in [3.05, 3.63) is 23.2 Å². The number of aryl methyl sites for hydroxylation is 2. The van der Waals surface area contributed by atoms with Gasteiger partial charge < -0.3 is 9.52 Å². The standard InChI is InChI=1S/C10H12O3/c1-6-5-7-3-2-4-8(10(11)12)9(7)13-6/h5,8H,2-4H2,1H3,(H,11,12). The fraction of sp³-hybridized carbons (Fsp3) is 0.500. The Morgan fingerprint density at radius 2 is 2.46 bits per heavy atom. The summed E-state index contributed by atoms with van der Waals surface area (Å²) >= 11 is 0. The summed E-state index contributed by atoms with van der Waals surface area (Å²) in [6.07, 6.45) is 2.61. The lowest BCUT2D eigenvalue weighted by atomic mass is 9.89.